The first-order chi connectivity index (χ1) is 9.38. The maximum Gasteiger partial charge on any atom is 0.0687 e. The third-order valence-corrected chi connectivity index (χ3v) is 4.22. The van der Waals surface area contributed by atoms with Gasteiger partial charge in [-0.05, 0) is 44.5 Å². The molecular formula is C16H23N3. The number of likely N-dealkylation sites (tertiary alicyclic amines) is 1. The Bertz CT molecular complexity index is 532. The van der Waals surface area contributed by atoms with Crippen LogP contribution in [-0.4, -0.2) is 34.5 Å². The number of unbranched alkanes of at least 4 members (excludes halogenated alkanes) is 1. The van der Waals surface area contributed by atoms with E-state index in [1.165, 1.54) is 61.9 Å². The highest BCUT2D eigenvalue weighted by Crippen LogP contribution is 2.29. The molecule has 2 aromatic heterocycles. The first kappa shape index (κ1) is 12.7. The third-order valence-electron chi connectivity index (χ3n) is 4.22. The van der Waals surface area contributed by atoms with Gasteiger partial charge in [0.2, 0.25) is 0 Å². The molecule has 1 atom stereocenters. The molecule has 0 amide bonds. The molecule has 1 N–H and O–H groups in total. The van der Waals surface area contributed by atoms with E-state index in [4.69, 9.17) is 0 Å². The number of pyridine rings is 1. The molecule has 1 aliphatic rings. The number of aromatic amines is 1. The van der Waals surface area contributed by atoms with Crippen molar-refractivity contribution in [3.63, 3.8) is 0 Å². The fourth-order valence-electron chi connectivity index (χ4n) is 3.18. The first-order valence-corrected chi connectivity index (χ1v) is 7.53. The van der Waals surface area contributed by atoms with E-state index in [0.29, 0.717) is 5.92 Å². The van der Waals surface area contributed by atoms with E-state index in [2.05, 4.69) is 33.9 Å². The number of piperidine rings is 1. The lowest BCUT2D eigenvalue weighted by atomic mass is 9.93. The van der Waals surface area contributed by atoms with Gasteiger partial charge in [0.15, 0.2) is 0 Å². The van der Waals surface area contributed by atoms with Crippen molar-refractivity contribution in [1.29, 1.82) is 0 Å². The minimum atomic E-state index is 0.591. The molecule has 0 bridgehead atoms. The molecule has 1 saturated heterocycles. The number of fused-ring (bicyclic) bond motifs is 1. The highest BCUT2D eigenvalue weighted by Gasteiger charge is 2.23. The summed E-state index contributed by atoms with van der Waals surface area (Å²) >= 11 is 0. The Kier molecular flexibility index (Phi) is 3.83. The molecule has 0 saturated carbocycles. The average molecular weight is 257 g/mol. The van der Waals surface area contributed by atoms with Crippen molar-refractivity contribution in [3.8, 4) is 0 Å². The minimum absolute atomic E-state index is 0.591. The summed E-state index contributed by atoms with van der Waals surface area (Å²) in [5.74, 6) is 0.591. The second-order valence-electron chi connectivity index (χ2n) is 5.63. The zero-order chi connectivity index (χ0) is 13.1. The summed E-state index contributed by atoms with van der Waals surface area (Å²) in [7, 11) is 0. The topological polar surface area (TPSA) is 31.9 Å². The van der Waals surface area contributed by atoms with Crippen molar-refractivity contribution in [2.75, 3.05) is 19.6 Å². The molecule has 0 spiro atoms. The van der Waals surface area contributed by atoms with E-state index in [-0.39, 0.29) is 0 Å². The van der Waals surface area contributed by atoms with Gasteiger partial charge in [-0.25, -0.2) is 0 Å². The molecule has 0 aromatic carbocycles. The van der Waals surface area contributed by atoms with Crippen LogP contribution >= 0.6 is 0 Å². The van der Waals surface area contributed by atoms with Crippen LogP contribution in [0.3, 0.4) is 0 Å². The highest BCUT2D eigenvalue weighted by molar-refractivity contribution is 5.81. The fraction of sp³-hybridized carbons (Fsp3) is 0.562. The van der Waals surface area contributed by atoms with Gasteiger partial charge in [-0.3, -0.25) is 4.98 Å². The monoisotopic (exact) mass is 257 g/mol. The van der Waals surface area contributed by atoms with Crippen LogP contribution in [-0.2, 0) is 0 Å². The molecule has 1 unspecified atom stereocenters. The van der Waals surface area contributed by atoms with Crippen LogP contribution in [0.1, 0.15) is 44.2 Å². The summed E-state index contributed by atoms with van der Waals surface area (Å²) in [5.41, 5.74) is 2.51. The Morgan fingerprint density at radius 1 is 1.42 bits per heavy atom. The van der Waals surface area contributed by atoms with Gasteiger partial charge in [-0.15, -0.1) is 0 Å². The summed E-state index contributed by atoms with van der Waals surface area (Å²) in [6, 6.07) is 4.23. The van der Waals surface area contributed by atoms with E-state index < -0.39 is 0 Å². The molecule has 102 valence electrons. The molecule has 0 radical (unpaired) electrons. The number of rotatable bonds is 4. The standard InChI is InChI=1S/C16H23N3/c1-2-3-10-19-11-4-5-14(12-19)16-15-13(6-8-17-15)7-9-18-16/h6-9,14,17H,2-5,10-12H2,1H3. The van der Waals surface area contributed by atoms with Gasteiger partial charge in [0.25, 0.3) is 0 Å². The van der Waals surface area contributed by atoms with Crippen molar-refractivity contribution in [2.45, 2.75) is 38.5 Å². The van der Waals surface area contributed by atoms with Crippen molar-refractivity contribution in [2.24, 2.45) is 0 Å². The van der Waals surface area contributed by atoms with Crippen LogP contribution in [0.2, 0.25) is 0 Å². The molecule has 3 heterocycles. The van der Waals surface area contributed by atoms with Crippen molar-refractivity contribution < 1.29 is 0 Å². The summed E-state index contributed by atoms with van der Waals surface area (Å²) in [4.78, 5) is 10.6. The van der Waals surface area contributed by atoms with Crippen LogP contribution in [0.4, 0.5) is 0 Å². The van der Waals surface area contributed by atoms with E-state index in [0.717, 1.165) is 0 Å². The van der Waals surface area contributed by atoms with Gasteiger partial charge in [0, 0.05) is 30.2 Å². The predicted molar refractivity (Wildman–Crippen MR) is 79.4 cm³/mol. The molecule has 19 heavy (non-hydrogen) atoms. The average Bonchev–Trinajstić information content (AvgIpc) is 2.93. The molecular weight excluding hydrogens is 234 g/mol. The minimum Gasteiger partial charge on any atom is -0.360 e. The quantitative estimate of drug-likeness (QED) is 0.908. The predicted octanol–water partition coefficient (Wildman–Crippen LogP) is 3.54. The van der Waals surface area contributed by atoms with Crippen molar-refractivity contribution in [1.82, 2.24) is 14.9 Å². The third kappa shape index (κ3) is 2.66. The van der Waals surface area contributed by atoms with E-state index >= 15 is 0 Å². The zero-order valence-electron chi connectivity index (χ0n) is 11.7. The SMILES string of the molecule is CCCCN1CCCC(c2nccc3cc[nH]c23)C1. The maximum absolute atomic E-state index is 4.66. The van der Waals surface area contributed by atoms with Crippen LogP contribution < -0.4 is 0 Å². The zero-order valence-corrected chi connectivity index (χ0v) is 11.7. The molecule has 0 aliphatic carbocycles. The maximum atomic E-state index is 4.66. The Hall–Kier alpha value is -1.35. The van der Waals surface area contributed by atoms with Gasteiger partial charge in [-0.1, -0.05) is 13.3 Å². The molecule has 3 heteroatoms. The van der Waals surface area contributed by atoms with Crippen molar-refractivity contribution >= 4 is 10.9 Å². The second kappa shape index (κ2) is 5.74. The van der Waals surface area contributed by atoms with Crippen LogP contribution in [0.25, 0.3) is 10.9 Å². The molecule has 3 nitrogen and oxygen atoms in total. The fourth-order valence-corrected chi connectivity index (χ4v) is 3.18. The number of hydrogen-bond donors (Lipinski definition) is 1. The number of hydrogen-bond acceptors (Lipinski definition) is 2. The normalized spacial score (nSPS) is 21.0. The lowest BCUT2D eigenvalue weighted by Crippen LogP contribution is -2.35. The Labute approximate surface area is 115 Å². The lowest BCUT2D eigenvalue weighted by molar-refractivity contribution is 0.204. The van der Waals surface area contributed by atoms with Gasteiger partial charge in [-0.2, -0.15) is 0 Å². The summed E-state index contributed by atoms with van der Waals surface area (Å²) in [6.45, 7) is 5.94. The summed E-state index contributed by atoms with van der Waals surface area (Å²) in [5, 5.41) is 1.29. The smallest absolute Gasteiger partial charge is 0.0687 e. The Morgan fingerprint density at radius 3 is 3.26 bits per heavy atom. The van der Waals surface area contributed by atoms with Crippen LogP contribution in [0, 0.1) is 0 Å². The summed E-state index contributed by atoms with van der Waals surface area (Å²) < 4.78 is 0. The van der Waals surface area contributed by atoms with Crippen LogP contribution in [0.5, 0.6) is 0 Å². The van der Waals surface area contributed by atoms with Crippen LogP contribution in [0.15, 0.2) is 24.5 Å². The highest BCUT2D eigenvalue weighted by atomic mass is 15.1. The number of aromatic nitrogens is 2. The Morgan fingerprint density at radius 2 is 2.37 bits per heavy atom. The lowest BCUT2D eigenvalue weighted by Gasteiger charge is -2.32. The molecule has 2 aromatic rings. The van der Waals surface area contributed by atoms with E-state index in [1.807, 2.05) is 12.4 Å². The number of nitrogens with zero attached hydrogens (tertiary/aromatic N) is 2. The van der Waals surface area contributed by atoms with Gasteiger partial charge >= 0.3 is 0 Å². The molecule has 3 rings (SSSR count). The first-order valence-electron chi connectivity index (χ1n) is 7.53. The Balaban J connectivity index is 1.79. The van der Waals surface area contributed by atoms with Gasteiger partial charge < -0.3 is 9.88 Å². The molecule has 1 aliphatic heterocycles. The van der Waals surface area contributed by atoms with Crippen molar-refractivity contribution in [3.05, 3.63) is 30.2 Å². The summed E-state index contributed by atoms with van der Waals surface area (Å²) in [6.07, 6.45) is 9.14. The van der Waals surface area contributed by atoms with E-state index in [1.54, 1.807) is 0 Å². The number of H-pyrrole nitrogens is 1. The van der Waals surface area contributed by atoms with E-state index in [9.17, 15) is 0 Å². The second-order valence-corrected chi connectivity index (χ2v) is 5.63. The molecule has 1 fully saturated rings. The largest absolute Gasteiger partial charge is 0.360 e. The van der Waals surface area contributed by atoms with Gasteiger partial charge in [0.05, 0.1) is 11.2 Å². The van der Waals surface area contributed by atoms with Gasteiger partial charge in [0.1, 0.15) is 0 Å². The number of nitrogens with one attached hydrogen (secondary N) is 1.